The van der Waals surface area contributed by atoms with Crippen LogP contribution in [0.3, 0.4) is 0 Å². The van der Waals surface area contributed by atoms with E-state index in [9.17, 15) is 4.79 Å². The molecule has 5 heteroatoms. The Morgan fingerprint density at radius 3 is 2.81 bits per heavy atom. The first-order valence-corrected chi connectivity index (χ1v) is 7.15. The van der Waals surface area contributed by atoms with Gasteiger partial charge in [-0.05, 0) is 45.4 Å². The van der Waals surface area contributed by atoms with E-state index in [2.05, 4.69) is 10.3 Å². The third-order valence-electron chi connectivity index (χ3n) is 3.44. The predicted octanol–water partition coefficient (Wildman–Crippen LogP) is 1.96. The highest BCUT2D eigenvalue weighted by Crippen LogP contribution is 2.19. The second kappa shape index (κ2) is 6.54. The number of amides is 1. The van der Waals surface area contributed by atoms with Gasteiger partial charge in [-0.3, -0.25) is 4.79 Å². The maximum Gasteiger partial charge on any atom is 0.253 e. The molecule has 0 bridgehead atoms. The van der Waals surface area contributed by atoms with E-state index in [1.54, 1.807) is 6.20 Å². The normalized spacial score (nSPS) is 12.2. The van der Waals surface area contributed by atoms with Crippen LogP contribution in [-0.2, 0) is 0 Å². The minimum atomic E-state index is -0.0640. The molecule has 5 nitrogen and oxygen atoms in total. The van der Waals surface area contributed by atoms with Gasteiger partial charge in [-0.25, -0.2) is 4.98 Å². The Balaban J connectivity index is 2.21. The average Bonchev–Trinajstić information content (AvgIpc) is 2.74. The number of aromatic nitrogens is 2. The smallest absolute Gasteiger partial charge is 0.253 e. The third-order valence-corrected chi connectivity index (χ3v) is 3.44. The number of nitrogens with zero attached hydrogens (tertiary/aromatic N) is 2. The number of nitrogens with one attached hydrogen (secondary N) is 1. The topological polar surface area (TPSA) is 72.9 Å². The van der Waals surface area contributed by atoms with Gasteiger partial charge in [-0.1, -0.05) is 6.07 Å². The second-order valence-corrected chi connectivity index (χ2v) is 5.33. The molecule has 2 aromatic rings. The van der Waals surface area contributed by atoms with Crippen LogP contribution in [-0.4, -0.2) is 28.0 Å². The van der Waals surface area contributed by atoms with E-state index in [4.69, 9.17) is 5.73 Å². The number of rotatable bonds is 5. The second-order valence-electron chi connectivity index (χ2n) is 5.33. The molecule has 1 unspecified atom stereocenters. The summed E-state index contributed by atoms with van der Waals surface area (Å²) >= 11 is 0. The minimum Gasteiger partial charge on any atom is -0.352 e. The van der Waals surface area contributed by atoms with Crippen molar-refractivity contribution in [2.75, 3.05) is 6.54 Å². The van der Waals surface area contributed by atoms with Crippen LogP contribution in [0.5, 0.6) is 0 Å². The highest BCUT2D eigenvalue weighted by molar-refractivity contribution is 5.95. The molecule has 0 spiro atoms. The van der Waals surface area contributed by atoms with Gasteiger partial charge in [0.15, 0.2) is 0 Å². The molecule has 1 atom stereocenters. The molecule has 2 aromatic heterocycles. The molecule has 0 aliphatic carbocycles. The van der Waals surface area contributed by atoms with Crippen LogP contribution in [0, 0.1) is 13.8 Å². The summed E-state index contributed by atoms with van der Waals surface area (Å²) in [6.07, 6.45) is 2.52. The van der Waals surface area contributed by atoms with Crippen molar-refractivity contribution in [2.24, 2.45) is 5.73 Å². The van der Waals surface area contributed by atoms with Crippen LogP contribution in [0.1, 0.15) is 35.1 Å². The monoisotopic (exact) mass is 286 g/mol. The Kier molecular flexibility index (Phi) is 4.75. The van der Waals surface area contributed by atoms with Crippen molar-refractivity contribution in [3.63, 3.8) is 0 Å². The summed E-state index contributed by atoms with van der Waals surface area (Å²) in [5.74, 6) is 0.757. The first-order chi connectivity index (χ1) is 10.0. The zero-order valence-electron chi connectivity index (χ0n) is 12.8. The van der Waals surface area contributed by atoms with E-state index in [1.807, 2.05) is 49.6 Å². The van der Waals surface area contributed by atoms with Crippen molar-refractivity contribution in [2.45, 2.75) is 33.2 Å². The van der Waals surface area contributed by atoms with Crippen LogP contribution >= 0.6 is 0 Å². The summed E-state index contributed by atoms with van der Waals surface area (Å²) in [4.78, 5) is 16.6. The lowest BCUT2D eigenvalue weighted by atomic mass is 10.2. The Labute approximate surface area is 125 Å². The van der Waals surface area contributed by atoms with Crippen molar-refractivity contribution in [3.8, 4) is 5.82 Å². The Hall–Kier alpha value is -2.14. The zero-order chi connectivity index (χ0) is 15.4. The van der Waals surface area contributed by atoms with Gasteiger partial charge in [0.1, 0.15) is 5.82 Å². The minimum absolute atomic E-state index is 0.0640. The number of hydrogen-bond donors (Lipinski definition) is 2. The molecule has 112 valence electrons. The molecule has 3 N–H and O–H groups in total. The summed E-state index contributed by atoms with van der Waals surface area (Å²) < 4.78 is 1.99. The molecular formula is C16H22N4O. The Bertz CT molecular complexity index is 617. The first kappa shape index (κ1) is 15.3. The summed E-state index contributed by atoms with van der Waals surface area (Å²) in [5, 5.41) is 2.91. The van der Waals surface area contributed by atoms with Gasteiger partial charge in [0.05, 0.1) is 5.56 Å². The van der Waals surface area contributed by atoms with Crippen LogP contribution in [0.15, 0.2) is 30.5 Å². The van der Waals surface area contributed by atoms with Crippen molar-refractivity contribution < 1.29 is 4.79 Å². The molecule has 2 heterocycles. The molecule has 0 aromatic carbocycles. The molecule has 1 amide bonds. The molecule has 0 aliphatic rings. The fourth-order valence-electron chi connectivity index (χ4n) is 2.34. The van der Waals surface area contributed by atoms with Gasteiger partial charge in [-0.15, -0.1) is 0 Å². The quantitative estimate of drug-likeness (QED) is 0.882. The first-order valence-electron chi connectivity index (χ1n) is 7.15. The maximum absolute atomic E-state index is 12.3. The molecule has 0 aliphatic heterocycles. The van der Waals surface area contributed by atoms with Gasteiger partial charge in [0, 0.05) is 30.2 Å². The van der Waals surface area contributed by atoms with Crippen molar-refractivity contribution in [3.05, 3.63) is 47.4 Å². The molecule has 0 radical (unpaired) electrons. The summed E-state index contributed by atoms with van der Waals surface area (Å²) in [6.45, 7) is 6.42. The average molecular weight is 286 g/mol. The zero-order valence-corrected chi connectivity index (χ0v) is 12.8. The van der Waals surface area contributed by atoms with Crippen molar-refractivity contribution in [1.29, 1.82) is 0 Å². The highest BCUT2D eigenvalue weighted by atomic mass is 16.1. The molecule has 0 saturated heterocycles. The van der Waals surface area contributed by atoms with Crippen LogP contribution in [0.2, 0.25) is 0 Å². The number of pyridine rings is 1. The highest BCUT2D eigenvalue weighted by Gasteiger charge is 2.16. The van der Waals surface area contributed by atoms with E-state index < -0.39 is 0 Å². The number of nitrogens with two attached hydrogens (primary N) is 1. The van der Waals surface area contributed by atoms with E-state index in [0.29, 0.717) is 12.1 Å². The van der Waals surface area contributed by atoms with Gasteiger partial charge >= 0.3 is 0 Å². The molecule has 0 saturated carbocycles. The van der Waals surface area contributed by atoms with E-state index in [1.165, 1.54) is 0 Å². The Morgan fingerprint density at radius 2 is 2.19 bits per heavy atom. The third kappa shape index (κ3) is 3.49. The number of aryl methyl sites for hydroxylation is 1. The number of carbonyl (C=O) groups is 1. The predicted molar refractivity (Wildman–Crippen MR) is 83.6 cm³/mol. The lowest BCUT2D eigenvalue weighted by Gasteiger charge is -2.09. The molecule has 0 fully saturated rings. The van der Waals surface area contributed by atoms with Gasteiger partial charge in [0.25, 0.3) is 5.91 Å². The van der Waals surface area contributed by atoms with Crippen molar-refractivity contribution in [1.82, 2.24) is 14.9 Å². The van der Waals surface area contributed by atoms with E-state index >= 15 is 0 Å². The van der Waals surface area contributed by atoms with Crippen molar-refractivity contribution >= 4 is 5.91 Å². The number of carbonyl (C=O) groups excluding carboxylic acids is 1. The fraction of sp³-hybridized carbons (Fsp3) is 0.375. The summed E-state index contributed by atoms with van der Waals surface area (Å²) in [7, 11) is 0. The lowest BCUT2D eigenvalue weighted by molar-refractivity contribution is 0.0952. The fourth-order valence-corrected chi connectivity index (χ4v) is 2.34. The summed E-state index contributed by atoms with van der Waals surface area (Å²) in [6, 6.07) is 7.72. The van der Waals surface area contributed by atoms with Crippen LogP contribution in [0.4, 0.5) is 0 Å². The van der Waals surface area contributed by atoms with Crippen LogP contribution in [0.25, 0.3) is 5.82 Å². The maximum atomic E-state index is 12.3. The van der Waals surface area contributed by atoms with E-state index in [0.717, 1.165) is 23.6 Å². The summed E-state index contributed by atoms with van der Waals surface area (Å²) in [5.41, 5.74) is 8.25. The number of hydrogen-bond acceptors (Lipinski definition) is 3. The van der Waals surface area contributed by atoms with Gasteiger partial charge in [0.2, 0.25) is 0 Å². The van der Waals surface area contributed by atoms with Gasteiger partial charge in [-0.2, -0.15) is 0 Å². The standard InChI is InChI=1S/C16H22N4O/c1-11(17)7-9-19-16(21)14-10-12(2)20(13(14)3)15-6-4-5-8-18-15/h4-6,8,10-11H,7,9,17H2,1-3H3,(H,19,21). The Morgan fingerprint density at radius 1 is 1.43 bits per heavy atom. The molecule has 2 rings (SSSR count). The largest absolute Gasteiger partial charge is 0.352 e. The van der Waals surface area contributed by atoms with E-state index in [-0.39, 0.29) is 11.9 Å². The van der Waals surface area contributed by atoms with Gasteiger partial charge < -0.3 is 15.6 Å². The van der Waals surface area contributed by atoms with Crippen LogP contribution < -0.4 is 11.1 Å². The molecule has 21 heavy (non-hydrogen) atoms. The lowest BCUT2D eigenvalue weighted by Crippen LogP contribution is -2.29. The molecular weight excluding hydrogens is 264 g/mol. The SMILES string of the molecule is Cc1cc(C(=O)NCCC(C)N)c(C)n1-c1ccccn1.